The fourth-order valence-electron chi connectivity index (χ4n) is 3.07. The maximum Gasteiger partial charge on any atom is 0.228 e. The Labute approximate surface area is 144 Å². The van der Waals surface area contributed by atoms with Gasteiger partial charge in [-0.1, -0.05) is 18.2 Å². The second kappa shape index (κ2) is 6.70. The van der Waals surface area contributed by atoms with Crippen molar-refractivity contribution >= 4 is 27.5 Å². The number of fused-ring (bicyclic) bond motifs is 1. The number of imidazole rings is 1. The molecule has 24 heavy (non-hydrogen) atoms. The summed E-state index contributed by atoms with van der Waals surface area (Å²) in [5.41, 5.74) is 0.901. The standard InChI is InChI=1S/C17H19N5OS/c23-17(11-14-13-3-1-2-4-15(13)24-20-14)22-9-7-21(8-10-22)12-16-18-5-6-19-16/h1-6H,7-12H2,(H,18,19). The number of hydrogen-bond acceptors (Lipinski definition) is 5. The first kappa shape index (κ1) is 15.3. The van der Waals surface area contributed by atoms with E-state index in [0.29, 0.717) is 6.42 Å². The molecule has 3 heterocycles. The van der Waals surface area contributed by atoms with Crippen molar-refractivity contribution in [2.45, 2.75) is 13.0 Å². The highest BCUT2D eigenvalue weighted by Crippen LogP contribution is 2.23. The molecule has 1 saturated heterocycles. The summed E-state index contributed by atoms with van der Waals surface area (Å²) in [6, 6.07) is 8.10. The topological polar surface area (TPSA) is 65.1 Å². The van der Waals surface area contributed by atoms with Gasteiger partial charge in [-0.05, 0) is 17.6 Å². The minimum absolute atomic E-state index is 0.170. The lowest BCUT2D eigenvalue weighted by Gasteiger charge is -2.34. The van der Waals surface area contributed by atoms with Gasteiger partial charge >= 0.3 is 0 Å². The third kappa shape index (κ3) is 3.18. The monoisotopic (exact) mass is 341 g/mol. The molecule has 1 aliphatic heterocycles. The van der Waals surface area contributed by atoms with E-state index in [1.165, 1.54) is 11.5 Å². The first-order valence-corrected chi connectivity index (χ1v) is 8.88. The third-order valence-corrected chi connectivity index (χ3v) is 5.29. The lowest BCUT2D eigenvalue weighted by Crippen LogP contribution is -2.48. The van der Waals surface area contributed by atoms with Gasteiger partial charge in [-0.25, -0.2) is 4.98 Å². The number of H-pyrrole nitrogens is 1. The molecule has 124 valence electrons. The molecule has 1 aliphatic rings. The van der Waals surface area contributed by atoms with Crippen LogP contribution in [0.1, 0.15) is 11.5 Å². The summed E-state index contributed by atoms with van der Waals surface area (Å²) in [6.45, 7) is 4.10. The number of carbonyl (C=O) groups excluding carboxylic acids is 1. The van der Waals surface area contributed by atoms with Crippen molar-refractivity contribution in [1.82, 2.24) is 24.1 Å². The molecule has 0 unspecified atom stereocenters. The van der Waals surface area contributed by atoms with Crippen LogP contribution in [0.2, 0.25) is 0 Å². The van der Waals surface area contributed by atoms with Crippen LogP contribution < -0.4 is 0 Å². The quantitative estimate of drug-likeness (QED) is 0.787. The van der Waals surface area contributed by atoms with Crippen LogP contribution in [0.4, 0.5) is 0 Å². The van der Waals surface area contributed by atoms with Crippen molar-refractivity contribution in [3.63, 3.8) is 0 Å². The molecule has 3 aromatic rings. The number of aromatic amines is 1. The molecule has 1 aromatic carbocycles. The number of carbonyl (C=O) groups is 1. The summed E-state index contributed by atoms with van der Waals surface area (Å²) >= 11 is 1.47. The summed E-state index contributed by atoms with van der Waals surface area (Å²) in [5.74, 6) is 1.15. The fraction of sp³-hybridized carbons (Fsp3) is 0.353. The summed E-state index contributed by atoms with van der Waals surface area (Å²) < 4.78 is 5.61. The number of nitrogens with zero attached hydrogens (tertiary/aromatic N) is 4. The zero-order chi connectivity index (χ0) is 16.4. The molecule has 1 amide bonds. The first-order valence-electron chi connectivity index (χ1n) is 8.11. The van der Waals surface area contributed by atoms with Gasteiger partial charge in [0.05, 0.1) is 23.4 Å². The summed E-state index contributed by atoms with van der Waals surface area (Å²) in [4.78, 5) is 24.2. The number of aromatic nitrogens is 3. The lowest BCUT2D eigenvalue weighted by atomic mass is 10.1. The highest BCUT2D eigenvalue weighted by Gasteiger charge is 2.22. The van der Waals surface area contributed by atoms with Gasteiger partial charge in [0.2, 0.25) is 5.91 Å². The number of piperazine rings is 1. The number of amides is 1. The van der Waals surface area contributed by atoms with Gasteiger partial charge in [0.25, 0.3) is 0 Å². The minimum Gasteiger partial charge on any atom is -0.348 e. The molecule has 0 radical (unpaired) electrons. The van der Waals surface area contributed by atoms with Crippen molar-refractivity contribution < 1.29 is 4.79 Å². The van der Waals surface area contributed by atoms with E-state index >= 15 is 0 Å². The maximum absolute atomic E-state index is 12.6. The molecule has 1 fully saturated rings. The normalized spacial score (nSPS) is 15.9. The first-order chi connectivity index (χ1) is 11.8. The van der Waals surface area contributed by atoms with E-state index in [2.05, 4.69) is 19.2 Å². The molecule has 1 N–H and O–H groups in total. The van der Waals surface area contributed by atoms with Gasteiger partial charge < -0.3 is 9.88 Å². The Bertz CT molecular complexity index is 821. The van der Waals surface area contributed by atoms with Gasteiger partial charge in [-0.3, -0.25) is 9.69 Å². The number of benzene rings is 1. The summed E-state index contributed by atoms with van der Waals surface area (Å²) in [5, 5.41) is 1.10. The highest BCUT2D eigenvalue weighted by molar-refractivity contribution is 7.13. The fourth-order valence-corrected chi connectivity index (χ4v) is 3.87. The molecule has 0 aliphatic carbocycles. The molecule has 0 spiro atoms. The van der Waals surface area contributed by atoms with Crippen molar-refractivity contribution in [3.8, 4) is 0 Å². The van der Waals surface area contributed by atoms with Crippen LogP contribution in [-0.2, 0) is 17.8 Å². The molecule has 4 rings (SSSR count). The largest absolute Gasteiger partial charge is 0.348 e. The van der Waals surface area contributed by atoms with Gasteiger partial charge in [0.15, 0.2) is 0 Å². The van der Waals surface area contributed by atoms with Crippen LogP contribution in [0.25, 0.3) is 10.1 Å². The number of nitrogens with one attached hydrogen (secondary N) is 1. The molecule has 0 saturated carbocycles. The Balaban J connectivity index is 1.34. The van der Waals surface area contributed by atoms with Crippen LogP contribution >= 0.6 is 11.5 Å². The maximum atomic E-state index is 12.6. The Morgan fingerprint density at radius 2 is 2.04 bits per heavy atom. The summed E-state index contributed by atoms with van der Waals surface area (Å²) in [7, 11) is 0. The average Bonchev–Trinajstić information content (AvgIpc) is 3.26. The second-order valence-electron chi connectivity index (χ2n) is 6.00. The Kier molecular flexibility index (Phi) is 4.27. The highest BCUT2D eigenvalue weighted by atomic mass is 32.1. The van der Waals surface area contributed by atoms with Gasteiger partial charge in [-0.15, -0.1) is 0 Å². The summed E-state index contributed by atoms with van der Waals surface area (Å²) in [6.07, 6.45) is 4.00. The van der Waals surface area contributed by atoms with Crippen molar-refractivity contribution in [1.29, 1.82) is 0 Å². The van der Waals surface area contributed by atoms with Crippen LogP contribution in [0.3, 0.4) is 0 Å². The van der Waals surface area contributed by atoms with Crippen LogP contribution in [0.15, 0.2) is 36.7 Å². The molecule has 6 nitrogen and oxygen atoms in total. The Morgan fingerprint density at radius 1 is 1.21 bits per heavy atom. The Morgan fingerprint density at radius 3 is 2.83 bits per heavy atom. The number of hydrogen-bond donors (Lipinski definition) is 1. The van der Waals surface area contributed by atoms with E-state index in [0.717, 1.165) is 54.3 Å². The van der Waals surface area contributed by atoms with Crippen molar-refractivity contribution in [3.05, 3.63) is 48.2 Å². The van der Waals surface area contributed by atoms with Gasteiger partial charge in [-0.2, -0.15) is 4.37 Å². The van der Waals surface area contributed by atoms with Crippen molar-refractivity contribution in [2.24, 2.45) is 0 Å². The van der Waals surface area contributed by atoms with E-state index < -0.39 is 0 Å². The smallest absolute Gasteiger partial charge is 0.228 e. The van der Waals surface area contributed by atoms with E-state index in [4.69, 9.17) is 0 Å². The van der Waals surface area contributed by atoms with Crippen LogP contribution in [0, 0.1) is 0 Å². The predicted octanol–water partition coefficient (Wildman–Crippen LogP) is 1.91. The van der Waals surface area contributed by atoms with E-state index in [1.54, 1.807) is 6.20 Å². The van der Waals surface area contributed by atoms with E-state index in [-0.39, 0.29) is 5.91 Å². The molecule has 0 atom stereocenters. The zero-order valence-corrected chi connectivity index (χ0v) is 14.1. The van der Waals surface area contributed by atoms with E-state index in [9.17, 15) is 4.79 Å². The van der Waals surface area contributed by atoms with Crippen LogP contribution in [0.5, 0.6) is 0 Å². The lowest BCUT2D eigenvalue weighted by molar-refractivity contribution is -0.132. The van der Waals surface area contributed by atoms with E-state index in [1.807, 2.05) is 35.4 Å². The number of rotatable bonds is 4. The zero-order valence-electron chi connectivity index (χ0n) is 13.3. The molecular weight excluding hydrogens is 322 g/mol. The molecular formula is C17H19N5OS. The predicted molar refractivity (Wildman–Crippen MR) is 93.8 cm³/mol. The van der Waals surface area contributed by atoms with Gasteiger partial charge in [0.1, 0.15) is 5.82 Å². The third-order valence-electron chi connectivity index (χ3n) is 4.42. The minimum atomic E-state index is 0.170. The molecule has 7 heteroatoms. The Hall–Kier alpha value is -2.25. The SMILES string of the molecule is O=C(Cc1nsc2ccccc12)N1CCN(Cc2ncc[nH]2)CC1. The van der Waals surface area contributed by atoms with Crippen molar-refractivity contribution in [2.75, 3.05) is 26.2 Å². The second-order valence-corrected chi connectivity index (χ2v) is 6.80. The van der Waals surface area contributed by atoms with Crippen LogP contribution in [-0.4, -0.2) is 56.2 Å². The molecule has 2 aromatic heterocycles. The average molecular weight is 341 g/mol. The van der Waals surface area contributed by atoms with Gasteiger partial charge in [0, 0.05) is 44.0 Å². The molecule has 0 bridgehead atoms.